The average molecular weight is 396 g/mol. The van der Waals surface area contributed by atoms with Crippen molar-refractivity contribution in [3.63, 3.8) is 0 Å². The SMILES string of the molecule is Cn1c(=O)c2c(ncn2CCNCCc2ccc(Cl)c(Cl)c2)n(C)c1=O. The van der Waals surface area contributed by atoms with Crippen molar-refractivity contribution in [1.82, 2.24) is 24.0 Å². The maximum atomic E-state index is 12.4. The van der Waals surface area contributed by atoms with Gasteiger partial charge in [-0.15, -0.1) is 0 Å². The molecule has 7 nitrogen and oxygen atoms in total. The Morgan fingerprint density at radius 2 is 1.85 bits per heavy atom. The third-order valence-electron chi connectivity index (χ3n) is 4.32. The van der Waals surface area contributed by atoms with Crippen LogP contribution in [0.5, 0.6) is 0 Å². The zero-order chi connectivity index (χ0) is 18.8. The molecular formula is C17H19Cl2N5O2. The molecule has 0 saturated heterocycles. The van der Waals surface area contributed by atoms with Crippen molar-refractivity contribution in [3.8, 4) is 0 Å². The van der Waals surface area contributed by atoms with Gasteiger partial charge in [-0.1, -0.05) is 29.3 Å². The van der Waals surface area contributed by atoms with Crippen molar-refractivity contribution < 1.29 is 0 Å². The van der Waals surface area contributed by atoms with Gasteiger partial charge in [-0.2, -0.15) is 0 Å². The first-order valence-corrected chi connectivity index (χ1v) is 8.91. The molecule has 0 atom stereocenters. The Labute approximate surface area is 159 Å². The Bertz CT molecular complexity index is 1070. The van der Waals surface area contributed by atoms with Crippen molar-refractivity contribution in [2.45, 2.75) is 13.0 Å². The van der Waals surface area contributed by atoms with Crippen LogP contribution in [0.4, 0.5) is 0 Å². The van der Waals surface area contributed by atoms with E-state index in [1.54, 1.807) is 24.0 Å². The van der Waals surface area contributed by atoms with Gasteiger partial charge in [-0.3, -0.25) is 13.9 Å². The van der Waals surface area contributed by atoms with Crippen LogP contribution in [-0.4, -0.2) is 31.8 Å². The fraction of sp³-hybridized carbons (Fsp3) is 0.353. The van der Waals surface area contributed by atoms with Gasteiger partial charge in [0.25, 0.3) is 5.56 Å². The highest BCUT2D eigenvalue weighted by atomic mass is 35.5. The van der Waals surface area contributed by atoms with E-state index in [-0.39, 0.29) is 11.2 Å². The minimum atomic E-state index is -0.382. The van der Waals surface area contributed by atoms with Gasteiger partial charge in [-0.05, 0) is 30.7 Å². The van der Waals surface area contributed by atoms with Crippen LogP contribution in [0.15, 0.2) is 34.1 Å². The molecule has 0 aliphatic carbocycles. The van der Waals surface area contributed by atoms with E-state index in [1.165, 1.54) is 11.6 Å². The van der Waals surface area contributed by atoms with Gasteiger partial charge in [0.05, 0.1) is 16.4 Å². The fourth-order valence-electron chi connectivity index (χ4n) is 2.82. The van der Waals surface area contributed by atoms with Gasteiger partial charge in [0.1, 0.15) is 0 Å². The number of hydrogen-bond donors (Lipinski definition) is 1. The first-order valence-electron chi connectivity index (χ1n) is 8.15. The molecule has 0 radical (unpaired) electrons. The third-order valence-corrected chi connectivity index (χ3v) is 5.06. The van der Waals surface area contributed by atoms with Crippen LogP contribution in [0.25, 0.3) is 11.2 Å². The number of nitrogens with one attached hydrogen (secondary N) is 1. The Balaban J connectivity index is 1.63. The van der Waals surface area contributed by atoms with Crippen molar-refractivity contribution in [3.05, 3.63) is 61.0 Å². The second kappa shape index (κ2) is 7.65. The highest BCUT2D eigenvalue weighted by Crippen LogP contribution is 2.22. The Hall–Kier alpha value is -2.09. The van der Waals surface area contributed by atoms with Crippen molar-refractivity contribution in [1.29, 1.82) is 0 Å². The molecule has 26 heavy (non-hydrogen) atoms. The molecule has 3 aromatic rings. The van der Waals surface area contributed by atoms with Crippen LogP contribution in [0.2, 0.25) is 10.0 Å². The van der Waals surface area contributed by atoms with Crippen molar-refractivity contribution in [2.75, 3.05) is 13.1 Å². The number of halogens is 2. The van der Waals surface area contributed by atoms with E-state index in [2.05, 4.69) is 10.3 Å². The molecule has 0 bridgehead atoms. The summed E-state index contributed by atoms with van der Waals surface area (Å²) in [6.07, 6.45) is 2.41. The molecule has 0 unspecified atom stereocenters. The highest BCUT2D eigenvalue weighted by Gasteiger charge is 2.13. The number of nitrogens with zero attached hydrogens (tertiary/aromatic N) is 4. The van der Waals surface area contributed by atoms with E-state index in [9.17, 15) is 9.59 Å². The molecule has 0 aliphatic heterocycles. The zero-order valence-electron chi connectivity index (χ0n) is 14.5. The van der Waals surface area contributed by atoms with E-state index >= 15 is 0 Å². The average Bonchev–Trinajstić information content (AvgIpc) is 3.05. The lowest BCUT2D eigenvalue weighted by Crippen LogP contribution is -2.37. The van der Waals surface area contributed by atoms with E-state index in [4.69, 9.17) is 23.2 Å². The quantitative estimate of drug-likeness (QED) is 0.642. The van der Waals surface area contributed by atoms with Crippen molar-refractivity contribution in [2.24, 2.45) is 14.1 Å². The molecule has 2 heterocycles. The van der Waals surface area contributed by atoms with Crippen LogP contribution in [0.1, 0.15) is 5.56 Å². The largest absolute Gasteiger partial charge is 0.332 e. The number of aryl methyl sites for hydroxylation is 1. The third kappa shape index (κ3) is 3.56. The Morgan fingerprint density at radius 1 is 1.08 bits per heavy atom. The molecule has 0 amide bonds. The van der Waals surface area contributed by atoms with Crippen LogP contribution in [-0.2, 0) is 27.1 Å². The summed E-state index contributed by atoms with van der Waals surface area (Å²) in [4.78, 5) is 28.5. The topological polar surface area (TPSA) is 73.8 Å². The summed E-state index contributed by atoms with van der Waals surface area (Å²) in [6, 6.07) is 5.60. The van der Waals surface area contributed by atoms with Crippen molar-refractivity contribution >= 4 is 34.4 Å². The van der Waals surface area contributed by atoms with Crippen LogP contribution >= 0.6 is 23.2 Å². The van der Waals surface area contributed by atoms with E-state index in [0.717, 1.165) is 23.1 Å². The molecule has 0 aliphatic rings. The lowest BCUT2D eigenvalue weighted by atomic mass is 10.1. The zero-order valence-corrected chi connectivity index (χ0v) is 16.0. The number of rotatable bonds is 6. The maximum absolute atomic E-state index is 12.4. The first kappa shape index (κ1) is 18.7. The summed E-state index contributed by atoms with van der Waals surface area (Å²) in [5.74, 6) is 0. The summed E-state index contributed by atoms with van der Waals surface area (Å²) in [7, 11) is 3.08. The Kier molecular flexibility index (Phi) is 5.50. The van der Waals surface area contributed by atoms with Crippen LogP contribution in [0.3, 0.4) is 0 Å². The van der Waals surface area contributed by atoms with E-state index in [0.29, 0.717) is 34.3 Å². The van der Waals surface area contributed by atoms with Gasteiger partial charge < -0.3 is 9.88 Å². The number of fused-ring (bicyclic) bond motifs is 1. The van der Waals surface area contributed by atoms with Gasteiger partial charge in [0, 0.05) is 27.2 Å². The standard InChI is InChI=1S/C17H19Cl2N5O2/c1-22-15-14(16(25)23(2)17(22)26)24(10-21-15)8-7-20-6-5-11-3-4-12(18)13(19)9-11/h3-4,9-10,20H,5-8H2,1-2H3. The molecule has 0 spiro atoms. The number of benzene rings is 1. The Morgan fingerprint density at radius 3 is 2.58 bits per heavy atom. The molecule has 1 N–H and O–H groups in total. The molecule has 0 saturated carbocycles. The molecule has 2 aromatic heterocycles. The lowest BCUT2D eigenvalue weighted by molar-refractivity contribution is 0.604. The van der Waals surface area contributed by atoms with Crippen LogP contribution in [0, 0.1) is 0 Å². The number of aromatic nitrogens is 4. The minimum Gasteiger partial charge on any atom is -0.323 e. The van der Waals surface area contributed by atoms with Gasteiger partial charge in [0.2, 0.25) is 0 Å². The number of hydrogen-bond acceptors (Lipinski definition) is 4. The molecule has 1 aromatic carbocycles. The smallest absolute Gasteiger partial charge is 0.323 e. The monoisotopic (exact) mass is 395 g/mol. The fourth-order valence-corrected chi connectivity index (χ4v) is 3.14. The maximum Gasteiger partial charge on any atom is 0.332 e. The molecule has 0 fully saturated rings. The minimum absolute atomic E-state index is 0.337. The molecular weight excluding hydrogens is 377 g/mol. The summed E-state index contributed by atoms with van der Waals surface area (Å²) >= 11 is 11.9. The second-order valence-electron chi connectivity index (χ2n) is 6.06. The highest BCUT2D eigenvalue weighted by molar-refractivity contribution is 6.42. The lowest BCUT2D eigenvalue weighted by Gasteiger charge is -2.08. The molecule has 9 heteroatoms. The summed E-state index contributed by atoms with van der Waals surface area (Å²) in [5, 5.41) is 4.43. The molecule has 138 valence electrons. The summed E-state index contributed by atoms with van der Waals surface area (Å²) < 4.78 is 4.24. The predicted octanol–water partition coefficient (Wildman–Crippen LogP) is 1.57. The van der Waals surface area contributed by atoms with Gasteiger partial charge in [-0.25, -0.2) is 9.78 Å². The first-order chi connectivity index (χ1) is 12.4. The normalized spacial score (nSPS) is 11.4. The second-order valence-corrected chi connectivity index (χ2v) is 6.88. The van der Waals surface area contributed by atoms with E-state index in [1.807, 2.05) is 12.1 Å². The van der Waals surface area contributed by atoms with Gasteiger partial charge in [0.15, 0.2) is 11.2 Å². The van der Waals surface area contributed by atoms with Crippen LogP contribution < -0.4 is 16.6 Å². The summed E-state index contributed by atoms with van der Waals surface area (Å²) in [6.45, 7) is 2.01. The number of imidazole rings is 1. The predicted molar refractivity (Wildman–Crippen MR) is 103 cm³/mol. The van der Waals surface area contributed by atoms with Gasteiger partial charge >= 0.3 is 5.69 Å². The van der Waals surface area contributed by atoms with E-state index < -0.39 is 0 Å². The summed E-state index contributed by atoms with van der Waals surface area (Å²) in [5.41, 5.74) is 1.21. The molecule has 3 rings (SSSR count).